The Balaban J connectivity index is 0. The predicted molar refractivity (Wildman–Crippen MR) is 221 cm³/mol. The second-order valence-corrected chi connectivity index (χ2v) is 9.67. The molecule has 5 heterocycles. The maximum absolute atomic E-state index is 8.25. The maximum atomic E-state index is 8.25. The first-order chi connectivity index (χ1) is 23.8. The van der Waals surface area contributed by atoms with Gasteiger partial charge in [0.15, 0.2) is 0 Å². The molecule has 2 aliphatic rings. The molecular formula is C43H49FmN8OTi-7. The normalized spacial score (nSPS) is 9.28. The van der Waals surface area contributed by atoms with Crippen LogP contribution < -0.4 is 9.97 Å². The molecule has 3 aromatic heterocycles. The number of hydrogen-bond acceptors (Lipinski definition) is 7. The minimum Gasteiger partial charge on any atom is -0.357 e. The van der Waals surface area contributed by atoms with Gasteiger partial charge >= 0.3 is 23.7 Å². The van der Waals surface area contributed by atoms with Crippen LogP contribution in [0.15, 0.2) is 97.1 Å². The second-order valence-electron chi connectivity index (χ2n) is 9.67. The molecule has 0 amide bonds. The molecule has 290 valence electrons. The van der Waals surface area contributed by atoms with E-state index in [2.05, 4.69) is 0 Å². The average Bonchev–Trinajstić information content (AvgIpc) is 3.91. The molecule has 54 heavy (non-hydrogen) atoms. The van der Waals surface area contributed by atoms with Crippen molar-refractivity contribution in [3.05, 3.63) is 134 Å². The van der Waals surface area contributed by atoms with Crippen LogP contribution in [-0.2, 0) is 23.7 Å². The number of hydrogen-bond donors (Lipinski definition) is 0. The van der Waals surface area contributed by atoms with Crippen molar-refractivity contribution in [1.82, 2.24) is 39.9 Å². The van der Waals surface area contributed by atoms with Gasteiger partial charge in [0.2, 0.25) is 0 Å². The molecular weight excluding hydrogens is 949 g/mol. The van der Waals surface area contributed by atoms with Gasteiger partial charge in [0, 0.05) is 44.8 Å². The zero-order valence-corrected chi connectivity index (χ0v) is 37.0. The third-order valence-corrected chi connectivity index (χ3v) is 7.33. The Labute approximate surface area is 327 Å². The van der Waals surface area contributed by atoms with E-state index in [-0.39, 0.29) is 37.1 Å². The molecule has 0 unspecified atom stereocenters. The number of nitrogens with zero attached hydrogens (tertiary/aromatic N) is 8. The van der Waals surface area contributed by atoms with E-state index in [0.717, 1.165) is 64.2 Å². The molecule has 2 aliphatic heterocycles. The third-order valence-electron chi connectivity index (χ3n) is 7.33. The molecule has 0 fully saturated rings. The van der Waals surface area contributed by atoms with E-state index in [1.54, 1.807) is 0 Å². The minimum absolute atomic E-state index is 0. The van der Waals surface area contributed by atoms with Gasteiger partial charge in [0.1, 0.15) is 0 Å². The van der Waals surface area contributed by atoms with Gasteiger partial charge in [-0.25, -0.2) is 9.97 Å². The van der Waals surface area contributed by atoms with Gasteiger partial charge in [0.05, 0.1) is 23.3 Å². The van der Waals surface area contributed by atoms with Gasteiger partial charge in [-0.1, -0.05) is 139 Å². The molecule has 0 aliphatic carbocycles. The first-order valence-corrected chi connectivity index (χ1v) is 16.7. The Morgan fingerprint density at radius 2 is 0.537 bits per heavy atom. The van der Waals surface area contributed by atoms with E-state index >= 15 is 0 Å². The summed E-state index contributed by atoms with van der Waals surface area (Å²) in [6, 6.07) is 31.8. The summed E-state index contributed by atoms with van der Waals surface area (Å²) in [5.74, 6) is 2.21. The number of benzene rings is 4. The molecule has 0 spiro atoms. The van der Waals surface area contributed by atoms with Gasteiger partial charge in [-0.15, -0.1) is 0 Å². The molecule has 0 radical (unpaired) electrons. The number of rotatable bonds is 0. The first kappa shape index (κ1) is 49.9. The van der Waals surface area contributed by atoms with Crippen LogP contribution in [0.3, 0.4) is 0 Å². The summed E-state index contributed by atoms with van der Waals surface area (Å²) in [7, 11) is 0. The van der Waals surface area contributed by atoms with Crippen LogP contribution in [0.5, 0.6) is 0 Å². The van der Waals surface area contributed by atoms with Crippen molar-refractivity contribution in [2.45, 2.75) is 41.5 Å². The summed E-state index contributed by atoms with van der Waals surface area (Å²) in [6.07, 6.45) is 0. The molecule has 4 aromatic carbocycles. The standard InChI is InChI=1S/C32H16N8.3C2H6.5CH3.Fm.O.Ti/c1-2-10-18-17(9-1)25-33-26(18)38-28-21-13-5-6-14-22(21)30(35-28)40-32-24-16-8-7-15-23(24)31(36-32)39-29-20-12-4-3-11-19(20)27(34-29)37-25;3*1-2;;;;;;;;/h1-16H;3*1-2H3;5*1H3;;;/q-2;;;;5*-1;;;. The summed E-state index contributed by atoms with van der Waals surface area (Å²) < 4.78 is 8.25. The molecule has 11 heteroatoms. The van der Waals surface area contributed by atoms with E-state index in [1.807, 2.05) is 139 Å². The monoisotopic (exact) mass is 998 g/mol. The molecule has 9 rings (SSSR count). The molecule has 7 aromatic rings. The van der Waals surface area contributed by atoms with Gasteiger partial charge in [0.25, 0.3) is 0 Å². The quantitative estimate of drug-likeness (QED) is 0.108. The summed E-state index contributed by atoms with van der Waals surface area (Å²) in [6.45, 7) is 12.0. The van der Waals surface area contributed by atoms with Crippen LogP contribution in [0.2, 0.25) is 0 Å². The van der Waals surface area contributed by atoms with Crippen molar-refractivity contribution in [1.29, 1.82) is 0 Å². The summed E-state index contributed by atoms with van der Waals surface area (Å²) >= 11 is 0.750. The zero-order chi connectivity index (χ0) is 34.2. The zero-order valence-electron chi connectivity index (χ0n) is 33.0. The van der Waals surface area contributed by atoms with Crippen LogP contribution >= 0.6 is 0 Å². The van der Waals surface area contributed by atoms with Crippen molar-refractivity contribution in [3.8, 4) is 45.6 Å². The Morgan fingerprint density at radius 1 is 0.352 bits per heavy atom. The fourth-order valence-electron chi connectivity index (χ4n) is 5.46. The third kappa shape index (κ3) is 8.85. The summed E-state index contributed by atoms with van der Waals surface area (Å²) in [5, 5.41) is 3.57. The topological polar surface area (TPSA) is 123 Å². The average molecular weight is 999 g/mol. The number of aromatic nitrogens is 8. The van der Waals surface area contributed by atoms with Gasteiger partial charge in [-0.3, -0.25) is 0 Å². The fraction of sp³-hybridized carbons (Fsp3) is 0.140. The maximum Gasteiger partial charge on any atom is 0.0927 e. The van der Waals surface area contributed by atoms with Crippen molar-refractivity contribution in [2.24, 2.45) is 0 Å². The minimum atomic E-state index is 0. The predicted octanol–water partition coefficient (Wildman–Crippen LogP) is 11.3. The molecule has 0 saturated heterocycles. The Kier molecular flexibility index (Phi) is 20.9. The van der Waals surface area contributed by atoms with Crippen molar-refractivity contribution >= 4 is 44.1 Å². The first-order valence-electron chi connectivity index (χ1n) is 16.1. The summed E-state index contributed by atoms with van der Waals surface area (Å²) in [5.41, 5.74) is 5.78. The van der Waals surface area contributed by atoms with E-state index < -0.39 is 0 Å². The smallest absolute Gasteiger partial charge is 0.0927 e. The van der Waals surface area contributed by atoms with E-state index in [9.17, 15) is 0 Å². The Morgan fingerprint density at radius 3 is 0.741 bits per heavy atom. The van der Waals surface area contributed by atoms with E-state index in [1.165, 1.54) is 0 Å². The largest absolute Gasteiger partial charge is 0.357 e. The van der Waals surface area contributed by atoms with Crippen molar-refractivity contribution in [2.75, 3.05) is 0 Å². The number of fused-ring (bicyclic) bond motifs is 20. The van der Waals surface area contributed by atoms with Crippen molar-refractivity contribution in [3.63, 3.8) is 0 Å². The van der Waals surface area contributed by atoms with E-state index in [0.29, 0.717) is 45.9 Å². The van der Waals surface area contributed by atoms with Crippen LogP contribution in [0.1, 0.15) is 41.5 Å². The molecule has 8 bridgehead atoms. The van der Waals surface area contributed by atoms with Crippen LogP contribution in [0.25, 0.3) is 89.7 Å². The Hall–Kier alpha value is -6.25. The van der Waals surface area contributed by atoms with Crippen molar-refractivity contribution < 1.29 is 23.7 Å². The molecule has 0 saturated carbocycles. The molecule has 0 N–H and O–H groups in total. The Bertz CT molecular complexity index is 2070. The van der Waals surface area contributed by atoms with E-state index in [4.69, 9.17) is 43.2 Å². The molecule has 0 atom stereocenters. The van der Waals surface area contributed by atoms with Crippen LogP contribution in [-0.4, -0.2) is 29.9 Å². The van der Waals surface area contributed by atoms with Gasteiger partial charge in [-0.05, 0) is 21.5 Å². The summed E-state index contributed by atoms with van der Waals surface area (Å²) in [4.78, 5) is 39.3. The SMILES string of the molecule is CC.CC.CC.[CH3-].[CH3-].[CH3-].[CH3-].[CH3-].[Fm].[O]=[Ti].c1ccc2c(c1)-c1nc-2nc2[n-]c(nc3nc(nc4[n-]c(n1)c1ccccc41)-c1ccccc1-3)c1ccccc21. The fourth-order valence-corrected chi connectivity index (χ4v) is 5.46. The van der Waals surface area contributed by atoms with Crippen LogP contribution in [0.4, 0.5) is 0 Å². The van der Waals surface area contributed by atoms with Gasteiger partial charge < -0.3 is 67.0 Å². The second kappa shape index (κ2) is 22.6. The van der Waals surface area contributed by atoms with Gasteiger partial charge in [-0.2, -0.15) is 0 Å². The van der Waals surface area contributed by atoms with Crippen LogP contribution in [0, 0.1) is 37.1 Å². The molecule has 9 nitrogen and oxygen atoms in total.